The van der Waals surface area contributed by atoms with Crippen molar-refractivity contribution >= 4 is 22.2 Å². The first-order valence-corrected chi connectivity index (χ1v) is 13.4. The quantitative estimate of drug-likeness (QED) is 0.159. The van der Waals surface area contributed by atoms with Crippen LogP contribution in [0.15, 0.2) is 24.3 Å². The van der Waals surface area contributed by atoms with E-state index >= 15 is 0 Å². The molecule has 4 unspecified atom stereocenters. The van der Waals surface area contributed by atoms with Crippen molar-refractivity contribution in [1.29, 1.82) is 0 Å². The lowest BCUT2D eigenvalue weighted by atomic mass is 9.76. The number of carbonyl (C=O) groups excluding carboxylic acids is 2. The predicted molar refractivity (Wildman–Crippen MR) is 138 cm³/mol. The molecule has 4 atom stereocenters. The summed E-state index contributed by atoms with van der Waals surface area (Å²) in [4.78, 5) is 23.7. The fourth-order valence-corrected chi connectivity index (χ4v) is 4.64. The molecule has 1 N–H and O–H groups in total. The number of ketones is 1. The standard InChI is InChI=1S/C27H48O5Si/c1-26(2,3)21(12-10-11-19-27(4,5)32-33)17-15-20-16-18-23(29)25(20)22(28)13-8-7-9-14-24(30)31-6/h15-18,20-22,25,28H,7-14,19H2,1-6,33H3. The molecule has 0 aromatic carbocycles. The van der Waals surface area contributed by atoms with Gasteiger partial charge in [-0.05, 0) is 56.9 Å². The first kappa shape index (κ1) is 29.8. The maximum Gasteiger partial charge on any atom is 0.305 e. The highest BCUT2D eigenvalue weighted by Crippen LogP contribution is 2.35. The van der Waals surface area contributed by atoms with E-state index in [4.69, 9.17) is 4.43 Å². The van der Waals surface area contributed by atoms with Crippen LogP contribution in [0.4, 0.5) is 0 Å². The van der Waals surface area contributed by atoms with Gasteiger partial charge in [-0.25, -0.2) is 0 Å². The van der Waals surface area contributed by atoms with E-state index in [9.17, 15) is 14.7 Å². The molecule has 0 heterocycles. The molecular formula is C27H48O5Si. The molecular weight excluding hydrogens is 432 g/mol. The number of aliphatic hydroxyl groups excluding tert-OH is 1. The number of methoxy groups -OCH3 is 1. The number of carbonyl (C=O) groups is 2. The van der Waals surface area contributed by atoms with E-state index in [1.54, 1.807) is 6.08 Å². The summed E-state index contributed by atoms with van der Waals surface area (Å²) < 4.78 is 10.3. The Morgan fingerprint density at radius 1 is 1.12 bits per heavy atom. The van der Waals surface area contributed by atoms with Gasteiger partial charge in [0.05, 0.1) is 19.1 Å². The van der Waals surface area contributed by atoms with Gasteiger partial charge in [0.2, 0.25) is 0 Å². The molecule has 0 spiro atoms. The van der Waals surface area contributed by atoms with Gasteiger partial charge in [0, 0.05) is 17.9 Å². The second-order valence-electron chi connectivity index (χ2n) is 11.2. The lowest BCUT2D eigenvalue weighted by Gasteiger charge is -2.30. The highest BCUT2D eigenvalue weighted by atomic mass is 28.2. The van der Waals surface area contributed by atoms with E-state index in [0.29, 0.717) is 18.8 Å². The van der Waals surface area contributed by atoms with Crippen molar-refractivity contribution in [3.05, 3.63) is 24.3 Å². The summed E-state index contributed by atoms with van der Waals surface area (Å²) in [7, 11) is 2.16. The summed E-state index contributed by atoms with van der Waals surface area (Å²) in [5.41, 5.74) is 0.122. The third kappa shape index (κ3) is 11.2. The molecule has 0 amide bonds. The number of hydrogen-bond acceptors (Lipinski definition) is 5. The molecule has 0 saturated carbocycles. The van der Waals surface area contributed by atoms with Gasteiger partial charge in [0.1, 0.15) is 10.5 Å². The molecule has 6 heteroatoms. The van der Waals surface area contributed by atoms with Crippen LogP contribution < -0.4 is 0 Å². The maximum absolute atomic E-state index is 12.5. The van der Waals surface area contributed by atoms with E-state index in [2.05, 4.69) is 51.5 Å². The molecule has 0 radical (unpaired) electrons. The van der Waals surface area contributed by atoms with Gasteiger partial charge in [-0.2, -0.15) is 0 Å². The van der Waals surface area contributed by atoms with Gasteiger partial charge in [-0.1, -0.05) is 64.7 Å². The summed E-state index contributed by atoms with van der Waals surface area (Å²) in [6.45, 7) is 11.1. The number of unbranched alkanes of at least 4 members (excludes halogenated alkanes) is 3. The van der Waals surface area contributed by atoms with E-state index in [1.807, 2.05) is 6.08 Å². The third-order valence-electron chi connectivity index (χ3n) is 7.02. The Morgan fingerprint density at radius 3 is 2.39 bits per heavy atom. The van der Waals surface area contributed by atoms with Crippen LogP contribution in [0.5, 0.6) is 0 Å². The lowest BCUT2D eigenvalue weighted by molar-refractivity contribution is -0.140. The molecule has 0 aromatic rings. The zero-order valence-corrected chi connectivity index (χ0v) is 24.1. The largest absolute Gasteiger partial charge is 0.469 e. The monoisotopic (exact) mass is 480 g/mol. The van der Waals surface area contributed by atoms with E-state index in [1.165, 1.54) is 7.11 Å². The van der Waals surface area contributed by atoms with E-state index in [-0.39, 0.29) is 28.7 Å². The zero-order valence-electron chi connectivity index (χ0n) is 22.1. The molecule has 0 bridgehead atoms. The summed E-state index contributed by atoms with van der Waals surface area (Å²) >= 11 is 0. The van der Waals surface area contributed by atoms with Crippen molar-refractivity contribution in [3.8, 4) is 0 Å². The summed E-state index contributed by atoms with van der Waals surface area (Å²) in [6, 6.07) is 0. The van der Waals surface area contributed by atoms with Crippen LogP contribution in [0.1, 0.15) is 92.4 Å². The predicted octanol–water partition coefficient (Wildman–Crippen LogP) is 4.70. The molecule has 5 nitrogen and oxygen atoms in total. The van der Waals surface area contributed by atoms with Gasteiger partial charge in [-0.15, -0.1) is 0 Å². The molecule has 1 rings (SSSR count). The Morgan fingerprint density at radius 2 is 1.79 bits per heavy atom. The Balaban J connectivity index is 2.62. The van der Waals surface area contributed by atoms with Crippen LogP contribution in [0.25, 0.3) is 0 Å². The second kappa shape index (κ2) is 14.2. The summed E-state index contributed by atoms with van der Waals surface area (Å²) in [5, 5.41) is 10.7. The average molecular weight is 481 g/mol. The SMILES string of the molecule is COC(=O)CCCCCC(O)C1C(=O)C=CC1C=CC(CCCCC(C)(C)O[SiH3])C(C)(C)C. The smallest absolute Gasteiger partial charge is 0.305 e. The van der Waals surface area contributed by atoms with E-state index < -0.39 is 12.0 Å². The highest BCUT2D eigenvalue weighted by molar-refractivity contribution is 5.98. The van der Waals surface area contributed by atoms with Crippen LogP contribution in [-0.2, 0) is 18.8 Å². The number of hydrogen-bond donors (Lipinski definition) is 1. The van der Waals surface area contributed by atoms with Crippen LogP contribution in [0.3, 0.4) is 0 Å². The minimum Gasteiger partial charge on any atom is -0.469 e. The molecule has 1 aliphatic rings. The topological polar surface area (TPSA) is 72.8 Å². The Kier molecular flexibility index (Phi) is 12.8. The highest BCUT2D eigenvalue weighted by Gasteiger charge is 2.34. The van der Waals surface area contributed by atoms with Crippen molar-refractivity contribution in [2.24, 2.45) is 23.2 Å². The zero-order chi connectivity index (χ0) is 25.1. The average Bonchev–Trinajstić information content (AvgIpc) is 3.11. The Hall–Kier alpha value is -1.24. The number of aliphatic hydroxyl groups is 1. The maximum atomic E-state index is 12.5. The van der Waals surface area contributed by atoms with Gasteiger partial charge in [0.15, 0.2) is 5.78 Å². The minimum absolute atomic E-state index is 0.0169. The second-order valence-corrected chi connectivity index (χ2v) is 11.6. The van der Waals surface area contributed by atoms with Gasteiger partial charge in [-0.3, -0.25) is 9.59 Å². The Labute approximate surface area is 204 Å². The van der Waals surface area contributed by atoms with Crippen molar-refractivity contribution in [3.63, 3.8) is 0 Å². The van der Waals surface area contributed by atoms with Gasteiger partial charge < -0.3 is 14.3 Å². The van der Waals surface area contributed by atoms with Crippen molar-refractivity contribution < 1.29 is 23.9 Å². The van der Waals surface area contributed by atoms with Crippen LogP contribution in [0.2, 0.25) is 0 Å². The fourth-order valence-electron chi connectivity index (χ4n) is 4.44. The summed E-state index contributed by atoms with van der Waals surface area (Å²) in [5.74, 6) is -0.213. The Bertz CT molecular complexity index is 662. The number of ether oxygens (including phenoxy) is 1. The first-order valence-electron chi connectivity index (χ1n) is 12.6. The number of rotatable bonds is 15. The molecule has 0 saturated heterocycles. The molecule has 1 aliphatic carbocycles. The summed E-state index contributed by atoms with van der Waals surface area (Å²) in [6.07, 6.45) is 15.2. The molecule has 190 valence electrons. The fraction of sp³-hybridized carbons (Fsp3) is 0.778. The van der Waals surface area contributed by atoms with Crippen molar-refractivity contribution in [2.75, 3.05) is 7.11 Å². The van der Waals surface area contributed by atoms with Gasteiger partial charge >= 0.3 is 5.97 Å². The molecule has 0 fully saturated rings. The normalized spacial score (nSPS) is 21.1. The van der Waals surface area contributed by atoms with Gasteiger partial charge in [0.25, 0.3) is 0 Å². The molecule has 0 aliphatic heterocycles. The van der Waals surface area contributed by atoms with E-state index in [0.717, 1.165) is 55.4 Å². The lowest BCUT2D eigenvalue weighted by Crippen LogP contribution is -2.29. The van der Waals surface area contributed by atoms with Crippen molar-refractivity contribution in [1.82, 2.24) is 0 Å². The third-order valence-corrected chi connectivity index (χ3v) is 8.13. The minimum atomic E-state index is -0.659. The van der Waals surface area contributed by atoms with Crippen molar-refractivity contribution in [2.45, 2.75) is 104 Å². The number of allylic oxidation sites excluding steroid dienone is 4. The number of esters is 1. The molecule has 0 aromatic heterocycles. The van der Waals surface area contributed by atoms with Crippen LogP contribution in [-0.4, -0.2) is 46.2 Å². The first-order chi connectivity index (χ1) is 15.4. The van der Waals surface area contributed by atoms with Crippen LogP contribution in [0, 0.1) is 23.2 Å². The molecule has 33 heavy (non-hydrogen) atoms. The van der Waals surface area contributed by atoms with Crippen LogP contribution >= 0.6 is 0 Å².